The van der Waals surface area contributed by atoms with Gasteiger partial charge >= 0.3 is 0 Å². The predicted molar refractivity (Wildman–Crippen MR) is 96.9 cm³/mol. The van der Waals surface area contributed by atoms with Gasteiger partial charge in [0.15, 0.2) is 23.0 Å². The SMILES string of the molecule is COc1ccc(Br)cc1Oc1c(Br)c(Br)cc(Br)c1OC. The van der Waals surface area contributed by atoms with Crippen molar-refractivity contribution in [1.82, 2.24) is 0 Å². The van der Waals surface area contributed by atoms with Gasteiger partial charge in [-0.05, 0) is 72.1 Å². The van der Waals surface area contributed by atoms with Crippen molar-refractivity contribution in [2.75, 3.05) is 14.2 Å². The first-order valence-electron chi connectivity index (χ1n) is 5.70. The quantitative estimate of drug-likeness (QED) is 0.408. The Bertz CT molecular complexity index is 674. The summed E-state index contributed by atoms with van der Waals surface area (Å²) in [6.45, 7) is 0. The predicted octanol–water partition coefficient (Wildman–Crippen LogP) is 6.55. The number of benzene rings is 2. The molecule has 0 unspecified atom stereocenters. The summed E-state index contributed by atoms with van der Waals surface area (Å²) in [6, 6.07) is 7.43. The minimum absolute atomic E-state index is 0.551. The zero-order chi connectivity index (χ0) is 15.6. The molecule has 0 aliphatic rings. The molecule has 112 valence electrons. The van der Waals surface area contributed by atoms with Gasteiger partial charge in [-0.2, -0.15) is 0 Å². The van der Waals surface area contributed by atoms with E-state index in [4.69, 9.17) is 14.2 Å². The molecule has 2 aromatic carbocycles. The Morgan fingerprint density at radius 3 is 2.10 bits per heavy atom. The molecule has 21 heavy (non-hydrogen) atoms. The lowest BCUT2D eigenvalue weighted by atomic mass is 10.3. The summed E-state index contributed by atoms with van der Waals surface area (Å²) in [6.07, 6.45) is 0. The third kappa shape index (κ3) is 3.75. The van der Waals surface area contributed by atoms with Gasteiger partial charge in [0.25, 0.3) is 0 Å². The fourth-order valence-electron chi connectivity index (χ4n) is 1.68. The van der Waals surface area contributed by atoms with Gasteiger partial charge in [0.1, 0.15) is 0 Å². The number of halogens is 4. The lowest BCUT2D eigenvalue weighted by molar-refractivity contribution is 0.353. The second-order valence-corrected chi connectivity index (χ2v) is 7.33. The molecule has 0 N–H and O–H groups in total. The highest BCUT2D eigenvalue weighted by Crippen LogP contribution is 2.48. The topological polar surface area (TPSA) is 27.7 Å². The van der Waals surface area contributed by atoms with Crippen molar-refractivity contribution in [1.29, 1.82) is 0 Å². The Balaban J connectivity index is 2.56. The summed E-state index contributed by atoms with van der Waals surface area (Å²) in [7, 11) is 3.19. The van der Waals surface area contributed by atoms with Crippen LogP contribution in [0, 0.1) is 0 Å². The maximum absolute atomic E-state index is 6.01. The van der Waals surface area contributed by atoms with Gasteiger partial charge in [-0.25, -0.2) is 0 Å². The van der Waals surface area contributed by atoms with Crippen LogP contribution in [0.5, 0.6) is 23.0 Å². The summed E-state index contributed by atoms with van der Waals surface area (Å²) in [5.74, 6) is 2.35. The molecule has 3 nitrogen and oxygen atoms in total. The van der Waals surface area contributed by atoms with Crippen LogP contribution in [0.1, 0.15) is 0 Å². The Kier molecular flexibility index (Phi) is 5.99. The van der Waals surface area contributed by atoms with Crippen LogP contribution in [-0.2, 0) is 0 Å². The Labute approximate surface area is 156 Å². The van der Waals surface area contributed by atoms with Gasteiger partial charge in [-0.3, -0.25) is 0 Å². The molecule has 0 aliphatic heterocycles. The molecular formula is C14H10Br4O3. The first kappa shape index (κ1) is 17.1. The van der Waals surface area contributed by atoms with E-state index in [0.29, 0.717) is 23.0 Å². The zero-order valence-corrected chi connectivity index (χ0v) is 17.4. The zero-order valence-electron chi connectivity index (χ0n) is 11.0. The van der Waals surface area contributed by atoms with Gasteiger partial charge in [-0.15, -0.1) is 0 Å². The highest BCUT2D eigenvalue weighted by Gasteiger charge is 2.19. The molecule has 0 atom stereocenters. The fraction of sp³-hybridized carbons (Fsp3) is 0.143. The number of methoxy groups -OCH3 is 2. The van der Waals surface area contributed by atoms with Gasteiger partial charge in [0.05, 0.1) is 23.2 Å². The van der Waals surface area contributed by atoms with Crippen LogP contribution in [0.15, 0.2) is 42.2 Å². The van der Waals surface area contributed by atoms with Gasteiger partial charge in [-0.1, -0.05) is 15.9 Å². The van der Waals surface area contributed by atoms with Crippen molar-refractivity contribution in [3.05, 3.63) is 42.2 Å². The molecule has 0 radical (unpaired) electrons. The van der Waals surface area contributed by atoms with Crippen LogP contribution in [-0.4, -0.2) is 14.2 Å². The number of hydrogen-bond acceptors (Lipinski definition) is 3. The maximum atomic E-state index is 6.01. The van der Waals surface area contributed by atoms with E-state index in [1.165, 1.54) is 0 Å². The third-order valence-corrected chi connectivity index (χ3v) is 5.65. The number of rotatable bonds is 4. The van der Waals surface area contributed by atoms with Crippen LogP contribution < -0.4 is 14.2 Å². The largest absolute Gasteiger partial charge is 0.493 e. The van der Waals surface area contributed by atoms with E-state index in [1.807, 2.05) is 24.3 Å². The van der Waals surface area contributed by atoms with Crippen molar-refractivity contribution in [2.24, 2.45) is 0 Å². The monoisotopic (exact) mass is 542 g/mol. The minimum Gasteiger partial charge on any atom is -0.493 e. The van der Waals surface area contributed by atoms with Crippen molar-refractivity contribution >= 4 is 63.7 Å². The minimum atomic E-state index is 0.551. The fourth-order valence-corrected chi connectivity index (χ4v) is 3.68. The third-order valence-electron chi connectivity index (χ3n) is 2.63. The molecule has 0 saturated heterocycles. The van der Waals surface area contributed by atoms with Crippen LogP contribution in [0.4, 0.5) is 0 Å². The van der Waals surface area contributed by atoms with E-state index in [2.05, 4.69) is 63.7 Å². The molecule has 7 heteroatoms. The van der Waals surface area contributed by atoms with Gasteiger partial charge in [0.2, 0.25) is 0 Å². The summed E-state index contributed by atoms with van der Waals surface area (Å²) in [4.78, 5) is 0. The molecule has 0 fully saturated rings. The van der Waals surface area contributed by atoms with Gasteiger partial charge < -0.3 is 14.2 Å². The Morgan fingerprint density at radius 2 is 1.48 bits per heavy atom. The molecule has 0 amide bonds. The molecule has 0 aromatic heterocycles. The van der Waals surface area contributed by atoms with E-state index < -0.39 is 0 Å². The highest BCUT2D eigenvalue weighted by atomic mass is 79.9. The van der Waals surface area contributed by atoms with Crippen LogP contribution in [0.25, 0.3) is 0 Å². The van der Waals surface area contributed by atoms with Crippen molar-refractivity contribution < 1.29 is 14.2 Å². The smallest absolute Gasteiger partial charge is 0.185 e. The molecule has 2 rings (SSSR count). The van der Waals surface area contributed by atoms with Crippen LogP contribution in [0.2, 0.25) is 0 Å². The van der Waals surface area contributed by atoms with E-state index >= 15 is 0 Å². The average Bonchev–Trinajstić information content (AvgIpc) is 2.45. The summed E-state index contributed by atoms with van der Waals surface area (Å²) >= 11 is 13.9. The molecule has 0 aliphatic carbocycles. The summed E-state index contributed by atoms with van der Waals surface area (Å²) < 4.78 is 20.0. The van der Waals surface area contributed by atoms with Crippen LogP contribution >= 0.6 is 63.7 Å². The summed E-state index contributed by atoms with van der Waals surface area (Å²) in [5.41, 5.74) is 0. The highest BCUT2D eigenvalue weighted by molar-refractivity contribution is 9.13. The molecule has 0 saturated carbocycles. The lowest BCUT2D eigenvalue weighted by Crippen LogP contribution is -1.95. The van der Waals surface area contributed by atoms with E-state index in [0.717, 1.165) is 17.9 Å². The molecule has 0 spiro atoms. The molecule has 0 heterocycles. The normalized spacial score (nSPS) is 10.4. The average molecular weight is 546 g/mol. The van der Waals surface area contributed by atoms with E-state index in [1.54, 1.807) is 14.2 Å². The molecule has 0 bridgehead atoms. The van der Waals surface area contributed by atoms with Gasteiger partial charge in [0, 0.05) is 8.95 Å². The second-order valence-electron chi connectivity index (χ2n) is 3.91. The van der Waals surface area contributed by atoms with E-state index in [-0.39, 0.29) is 0 Å². The van der Waals surface area contributed by atoms with Crippen molar-refractivity contribution in [2.45, 2.75) is 0 Å². The first-order valence-corrected chi connectivity index (χ1v) is 8.88. The number of ether oxygens (including phenoxy) is 3. The maximum Gasteiger partial charge on any atom is 0.185 e. The Morgan fingerprint density at radius 1 is 0.762 bits per heavy atom. The molecular weight excluding hydrogens is 536 g/mol. The van der Waals surface area contributed by atoms with E-state index in [9.17, 15) is 0 Å². The first-order chi connectivity index (χ1) is 9.97. The molecule has 2 aromatic rings. The lowest BCUT2D eigenvalue weighted by Gasteiger charge is -2.16. The second kappa shape index (κ2) is 7.35. The standard InChI is InChI=1S/C14H10Br4O3/c1-19-10-4-3-7(15)5-11(10)21-14-12(18)8(16)6-9(17)13(14)20-2/h3-6H,1-2H3. The van der Waals surface area contributed by atoms with Crippen LogP contribution in [0.3, 0.4) is 0 Å². The summed E-state index contributed by atoms with van der Waals surface area (Å²) in [5, 5.41) is 0. The van der Waals surface area contributed by atoms with Crippen molar-refractivity contribution in [3.63, 3.8) is 0 Å². The number of hydrogen-bond donors (Lipinski definition) is 0. The van der Waals surface area contributed by atoms with Crippen molar-refractivity contribution in [3.8, 4) is 23.0 Å². The Hall–Kier alpha value is -0.240.